The highest BCUT2D eigenvalue weighted by molar-refractivity contribution is 8.72. The molecular weight excluding hydrogens is 322 g/mol. The molecule has 7 heteroatoms. The Bertz CT molecular complexity index is 728. The Hall–Kier alpha value is -1.99. The van der Waals surface area contributed by atoms with Crippen molar-refractivity contribution in [2.24, 2.45) is 0 Å². The van der Waals surface area contributed by atoms with E-state index in [1.807, 2.05) is 0 Å². The Morgan fingerprint density at radius 3 is 2.27 bits per heavy atom. The van der Waals surface area contributed by atoms with Crippen molar-refractivity contribution in [1.29, 1.82) is 0 Å². The maximum atomic E-state index is 12.0. The van der Waals surface area contributed by atoms with Gasteiger partial charge in [-0.3, -0.25) is 0 Å². The highest BCUT2D eigenvalue weighted by Crippen LogP contribution is 2.22. The fraction of sp³-hybridized carbons (Fsp3) is 0.133. The van der Waals surface area contributed by atoms with Crippen LogP contribution < -0.4 is 5.32 Å². The van der Waals surface area contributed by atoms with Crippen molar-refractivity contribution in [2.45, 2.75) is 4.90 Å². The molecule has 2 N–H and O–H groups in total. The standard InChI is InChI=1S/C15H15NO4S2/c17-15(18)12-6-8-13(9-7-12)16-10-11-21-22(19,20)14-4-2-1-3-5-14/h1-9,16H,10-11H2,(H,17,18). The summed E-state index contributed by atoms with van der Waals surface area (Å²) in [6.07, 6.45) is 0. The first-order valence-corrected chi connectivity index (χ1v) is 9.49. The summed E-state index contributed by atoms with van der Waals surface area (Å²) in [5.74, 6) is -0.589. The molecular formula is C15H15NO4S2. The molecule has 0 saturated carbocycles. The van der Waals surface area contributed by atoms with Crippen LogP contribution in [0.1, 0.15) is 10.4 Å². The fourth-order valence-electron chi connectivity index (χ4n) is 1.73. The molecule has 0 fully saturated rings. The molecule has 0 bridgehead atoms. The predicted octanol–water partition coefficient (Wildman–Crippen LogP) is 2.92. The predicted molar refractivity (Wildman–Crippen MR) is 88.0 cm³/mol. The maximum Gasteiger partial charge on any atom is 0.335 e. The van der Waals surface area contributed by atoms with Gasteiger partial charge in [-0.05, 0) is 47.2 Å². The average Bonchev–Trinajstić information content (AvgIpc) is 2.53. The normalized spacial score (nSPS) is 11.1. The van der Waals surface area contributed by atoms with Crippen LogP contribution in [0.4, 0.5) is 5.69 Å². The van der Waals surface area contributed by atoms with E-state index in [1.54, 1.807) is 42.5 Å². The lowest BCUT2D eigenvalue weighted by molar-refractivity contribution is 0.0697. The van der Waals surface area contributed by atoms with Crippen LogP contribution in [0.2, 0.25) is 0 Å². The van der Waals surface area contributed by atoms with Gasteiger partial charge in [0.2, 0.25) is 8.87 Å². The van der Waals surface area contributed by atoms with Gasteiger partial charge in [-0.2, -0.15) is 0 Å². The zero-order valence-corrected chi connectivity index (χ0v) is 13.2. The number of carboxylic acids is 1. The van der Waals surface area contributed by atoms with Gasteiger partial charge in [0.05, 0.1) is 10.5 Å². The molecule has 2 rings (SSSR count). The number of hydrogen-bond acceptors (Lipinski definition) is 5. The van der Waals surface area contributed by atoms with Crippen LogP contribution in [0.15, 0.2) is 59.5 Å². The minimum Gasteiger partial charge on any atom is -0.478 e. The summed E-state index contributed by atoms with van der Waals surface area (Å²) in [5, 5.41) is 11.9. The number of anilines is 1. The van der Waals surface area contributed by atoms with Crippen LogP contribution in [0.3, 0.4) is 0 Å². The highest BCUT2D eigenvalue weighted by atomic mass is 33.1. The number of carbonyl (C=O) groups is 1. The van der Waals surface area contributed by atoms with E-state index in [2.05, 4.69) is 5.32 Å². The van der Waals surface area contributed by atoms with Gasteiger partial charge < -0.3 is 10.4 Å². The number of rotatable bonds is 7. The Morgan fingerprint density at radius 1 is 1.05 bits per heavy atom. The van der Waals surface area contributed by atoms with Crippen LogP contribution >= 0.6 is 10.8 Å². The lowest BCUT2D eigenvalue weighted by Crippen LogP contribution is -2.07. The minimum atomic E-state index is -3.33. The van der Waals surface area contributed by atoms with Crippen LogP contribution in [0.5, 0.6) is 0 Å². The van der Waals surface area contributed by atoms with Crippen LogP contribution in [-0.4, -0.2) is 31.8 Å². The van der Waals surface area contributed by atoms with Gasteiger partial charge in [-0.25, -0.2) is 13.2 Å². The van der Waals surface area contributed by atoms with Crippen molar-refractivity contribution in [3.8, 4) is 0 Å². The summed E-state index contributed by atoms with van der Waals surface area (Å²) in [4.78, 5) is 11.0. The topological polar surface area (TPSA) is 83.5 Å². The van der Waals surface area contributed by atoms with Crippen molar-refractivity contribution in [1.82, 2.24) is 0 Å². The average molecular weight is 337 g/mol. The smallest absolute Gasteiger partial charge is 0.335 e. The van der Waals surface area contributed by atoms with Crippen LogP contribution in [0.25, 0.3) is 0 Å². The monoisotopic (exact) mass is 337 g/mol. The summed E-state index contributed by atoms with van der Waals surface area (Å²) in [6, 6.07) is 14.6. The second-order valence-electron chi connectivity index (χ2n) is 4.40. The van der Waals surface area contributed by atoms with Crippen molar-refractivity contribution >= 4 is 31.3 Å². The lowest BCUT2D eigenvalue weighted by Gasteiger charge is -2.07. The zero-order chi connectivity index (χ0) is 16.0. The quantitative estimate of drug-likeness (QED) is 0.597. The lowest BCUT2D eigenvalue weighted by atomic mass is 10.2. The Kier molecular flexibility index (Phi) is 5.46. The van der Waals surface area contributed by atoms with Crippen molar-refractivity contribution in [3.05, 3.63) is 60.2 Å². The molecule has 0 aliphatic heterocycles. The molecule has 0 atom stereocenters. The Morgan fingerprint density at radius 2 is 1.68 bits per heavy atom. The summed E-state index contributed by atoms with van der Waals surface area (Å²) in [5.41, 5.74) is 0.967. The van der Waals surface area contributed by atoms with Gasteiger partial charge >= 0.3 is 5.97 Å². The molecule has 2 aromatic carbocycles. The first-order valence-electron chi connectivity index (χ1n) is 6.51. The van der Waals surface area contributed by atoms with E-state index < -0.39 is 14.8 Å². The third-order valence-electron chi connectivity index (χ3n) is 2.83. The molecule has 0 amide bonds. The molecule has 0 aromatic heterocycles. The van der Waals surface area contributed by atoms with Gasteiger partial charge in [-0.1, -0.05) is 18.2 Å². The Labute approximate surface area is 132 Å². The summed E-state index contributed by atoms with van der Waals surface area (Å²) in [7, 11) is -2.46. The van der Waals surface area contributed by atoms with E-state index in [1.165, 1.54) is 12.1 Å². The molecule has 22 heavy (non-hydrogen) atoms. The van der Waals surface area contributed by atoms with Crippen molar-refractivity contribution < 1.29 is 18.3 Å². The van der Waals surface area contributed by atoms with Gasteiger partial charge in [0.25, 0.3) is 0 Å². The third-order valence-corrected chi connectivity index (χ3v) is 6.37. The Balaban J connectivity index is 1.83. The SMILES string of the molecule is O=C(O)c1ccc(NCCSS(=O)(=O)c2ccccc2)cc1. The molecule has 2 aromatic rings. The van der Waals surface area contributed by atoms with E-state index in [-0.39, 0.29) is 5.56 Å². The molecule has 0 heterocycles. The van der Waals surface area contributed by atoms with Gasteiger partial charge in [0.15, 0.2) is 0 Å². The molecule has 116 valence electrons. The van der Waals surface area contributed by atoms with Gasteiger partial charge in [0, 0.05) is 18.0 Å². The van der Waals surface area contributed by atoms with Crippen LogP contribution in [0, 0.1) is 0 Å². The molecule has 0 aliphatic rings. The number of carboxylic acid groups (broad SMARTS) is 1. The van der Waals surface area contributed by atoms with Gasteiger partial charge in [0.1, 0.15) is 0 Å². The molecule has 0 saturated heterocycles. The number of aromatic carboxylic acids is 1. The summed E-state index contributed by atoms with van der Waals surface area (Å²) < 4.78 is 24.1. The molecule has 5 nitrogen and oxygen atoms in total. The number of hydrogen-bond donors (Lipinski definition) is 2. The molecule has 0 unspecified atom stereocenters. The second kappa shape index (κ2) is 7.33. The third kappa shape index (κ3) is 4.51. The van der Waals surface area contributed by atoms with E-state index >= 15 is 0 Å². The van der Waals surface area contributed by atoms with Crippen LogP contribution in [-0.2, 0) is 8.87 Å². The minimum absolute atomic E-state index is 0.214. The molecule has 0 aliphatic carbocycles. The molecule has 0 spiro atoms. The fourth-order valence-corrected chi connectivity index (χ4v) is 4.41. The molecule has 0 radical (unpaired) electrons. The number of benzene rings is 2. The zero-order valence-electron chi connectivity index (χ0n) is 11.6. The van der Waals surface area contributed by atoms with Crippen molar-refractivity contribution in [2.75, 3.05) is 17.6 Å². The second-order valence-corrected chi connectivity index (χ2v) is 8.45. The largest absolute Gasteiger partial charge is 0.478 e. The van der Waals surface area contributed by atoms with E-state index in [0.29, 0.717) is 17.2 Å². The number of nitrogens with one attached hydrogen (secondary N) is 1. The summed E-state index contributed by atoms with van der Waals surface area (Å²) >= 11 is 0. The first kappa shape index (κ1) is 16.4. The highest BCUT2D eigenvalue weighted by Gasteiger charge is 2.13. The summed E-state index contributed by atoms with van der Waals surface area (Å²) in [6.45, 7) is 0.461. The van der Waals surface area contributed by atoms with Crippen molar-refractivity contribution in [3.63, 3.8) is 0 Å². The van der Waals surface area contributed by atoms with E-state index in [9.17, 15) is 13.2 Å². The van der Waals surface area contributed by atoms with E-state index in [0.717, 1.165) is 16.5 Å². The van der Waals surface area contributed by atoms with Gasteiger partial charge in [-0.15, -0.1) is 0 Å². The maximum absolute atomic E-state index is 12.0. The first-order chi connectivity index (χ1) is 10.5. The van der Waals surface area contributed by atoms with E-state index in [4.69, 9.17) is 5.11 Å².